The first kappa shape index (κ1) is 11.8. The van der Waals surface area contributed by atoms with E-state index in [1.54, 1.807) is 26.2 Å². The van der Waals surface area contributed by atoms with E-state index in [1.165, 1.54) is 0 Å². The Labute approximate surface area is 93.4 Å². The molecule has 82 valence electrons. The minimum absolute atomic E-state index is 0.556. The maximum Gasteiger partial charge on any atom is 0.309 e. The molecule has 1 aromatic heterocycles. The maximum absolute atomic E-state index is 10.9. The SMILES string of the molecule is CC(C)(CCc1c[nH]c(=S)cn1)C(=O)O. The van der Waals surface area contributed by atoms with Gasteiger partial charge in [-0.15, -0.1) is 0 Å². The number of nitrogens with zero attached hydrogens (tertiary/aromatic N) is 1. The zero-order valence-corrected chi connectivity index (χ0v) is 9.60. The molecule has 1 aromatic rings. The summed E-state index contributed by atoms with van der Waals surface area (Å²) in [6.45, 7) is 3.42. The molecule has 0 aliphatic heterocycles. The van der Waals surface area contributed by atoms with Crippen LogP contribution in [0, 0.1) is 10.1 Å². The molecular formula is C10H14N2O2S. The Kier molecular flexibility index (Phi) is 3.57. The van der Waals surface area contributed by atoms with Crippen molar-refractivity contribution in [3.8, 4) is 0 Å². The van der Waals surface area contributed by atoms with E-state index in [1.807, 2.05) is 0 Å². The van der Waals surface area contributed by atoms with E-state index >= 15 is 0 Å². The lowest BCUT2D eigenvalue weighted by Crippen LogP contribution is -2.24. The molecule has 1 rings (SSSR count). The number of hydrogen-bond donors (Lipinski definition) is 2. The van der Waals surface area contributed by atoms with E-state index in [-0.39, 0.29) is 0 Å². The number of carboxylic acids is 1. The summed E-state index contributed by atoms with van der Waals surface area (Å²) >= 11 is 4.86. The Bertz CT molecular complexity index is 392. The number of rotatable bonds is 4. The van der Waals surface area contributed by atoms with Crippen molar-refractivity contribution >= 4 is 18.2 Å². The standard InChI is InChI=1S/C10H14N2O2S/c1-10(2,9(13)14)4-3-7-5-12-8(15)6-11-7/h5-6H,3-4H2,1-2H3,(H,12,15)(H,13,14). The van der Waals surface area contributed by atoms with Crippen molar-refractivity contribution in [2.75, 3.05) is 0 Å². The van der Waals surface area contributed by atoms with Crippen molar-refractivity contribution in [2.45, 2.75) is 26.7 Å². The van der Waals surface area contributed by atoms with Gasteiger partial charge < -0.3 is 10.1 Å². The van der Waals surface area contributed by atoms with E-state index < -0.39 is 11.4 Å². The number of nitrogens with one attached hydrogen (secondary N) is 1. The summed E-state index contributed by atoms with van der Waals surface area (Å²) in [7, 11) is 0. The fourth-order valence-electron chi connectivity index (χ4n) is 1.05. The molecule has 0 aliphatic rings. The molecule has 15 heavy (non-hydrogen) atoms. The monoisotopic (exact) mass is 226 g/mol. The van der Waals surface area contributed by atoms with Crippen LogP contribution in [0.25, 0.3) is 0 Å². The van der Waals surface area contributed by atoms with Gasteiger partial charge in [0.2, 0.25) is 0 Å². The summed E-state index contributed by atoms with van der Waals surface area (Å²) in [6.07, 6.45) is 4.48. The highest BCUT2D eigenvalue weighted by Crippen LogP contribution is 2.22. The Balaban J connectivity index is 2.61. The first-order valence-electron chi connectivity index (χ1n) is 4.69. The molecule has 0 atom stereocenters. The van der Waals surface area contributed by atoms with Gasteiger partial charge in [0.15, 0.2) is 0 Å². The van der Waals surface area contributed by atoms with Crippen LogP contribution in [0.1, 0.15) is 26.0 Å². The number of aliphatic carboxylic acids is 1. The van der Waals surface area contributed by atoms with Crippen molar-refractivity contribution in [1.82, 2.24) is 9.97 Å². The van der Waals surface area contributed by atoms with Crippen LogP contribution in [-0.2, 0) is 11.2 Å². The number of carbonyl (C=O) groups is 1. The molecule has 0 radical (unpaired) electrons. The lowest BCUT2D eigenvalue weighted by molar-refractivity contribution is -0.147. The van der Waals surface area contributed by atoms with Crippen LogP contribution in [0.5, 0.6) is 0 Å². The third-order valence-electron chi connectivity index (χ3n) is 2.31. The van der Waals surface area contributed by atoms with Crippen LogP contribution in [0.2, 0.25) is 0 Å². The van der Waals surface area contributed by atoms with Crippen molar-refractivity contribution in [1.29, 1.82) is 0 Å². The molecule has 4 nitrogen and oxygen atoms in total. The van der Waals surface area contributed by atoms with Gasteiger partial charge in [-0.25, -0.2) is 0 Å². The zero-order chi connectivity index (χ0) is 11.5. The predicted octanol–water partition coefficient (Wildman–Crippen LogP) is 2.18. The molecule has 5 heteroatoms. The van der Waals surface area contributed by atoms with Gasteiger partial charge >= 0.3 is 5.97 Å². The highest BCUT2D eigenvalue weighted by molar-refractivity contribution is 7.71. The molecule has 0 saturated heterocycles. The molecule has 0 aliphatic carbocycles. The normalized spacial score (nSPS) is 11.3. The Morgan fingerprint density at radius 2 is 2.33 bits per heavy atom. The predicted molar refractivity (Wildman–Crippen MR) is 59.2 cm³/mol. The summed E-state index contributed by atoms with van der Waals surface area (Å²) in [4.78, 5) is 17.8. The van der Waals surface area contributed by atoms with Crippen LogP contribution in [0.3, 0.4) is 0 Å². The van der Waals surface area contributed by atoms with Gasteiger partial charge in [-0.1, -0.05) is 12.2 Å². The first-order chi connectivity index (χ1) is 6.92. The minimum atomic E-state index is -0.786. The quantitative estimate of drug-likeness (QED) is 0.772. The van der Waals surface area contributed by atoms with E-state index in [0.29, 0.717) is 17.5 Å². The Morgan fingerprint density at radius 3 is 2.80 bits per heavy atom. The number of aromatic amines is 1. The van der Waals surface area contributed by atoms with Gasteiger partial charge in [0.1, 0.15) is 4.64 Å². The van der Waals surface area contributed by atoms with Crippen molar-refractivity contribution < 1.29 is 9.90 Å². The van der Waals surface area contributed by atoms with Crippen LogP contribution in [0.4, 0.5) is 0 Å². The summed E-state index contributed by atoms with van der Waals surface area (Å²) in [5.41, 5.74) is 0.117. The highest BCUT2D eigenvalue weighted by Gasteiger charge is 2.26. The molecule has 0 aromatic carbocycles. The van der Waals surface area contributed by atoms with Gasteiger partial charge in [-0.05, 0) is 26.7 Å². The zero-order valence-electron chi connectivity index (χ0n) is 8.78. The second kappa shape index (κ2) is 4.53. The molecule has 1 heterocycles. The van der Waals surface area contributed by atoms with Crippen LogP contribution >= 0.6 is 12.2 Å². The summed E-state index contributed by atoms with van der Waals surface area (Å²) in [6, 6.07) is 0. The topological polar surface area (TPSA) is 66.0 Å². The number of carboxylic acid groups (broad SMARTS) is 1. The molecule has 0 saturated carbocycles. The van der Waals surface area contributed by atoms with Crippen molar-refractivity contribution in [3.63, 3.8) is 0 Å². The molecule has 0 bridgehead atoms. The third kappa shape index (κ3) is 3.43. The van der Waals surface area contributed by atoms with Gasteiger partial charge in [0, 0.05) is 6.20 Å². The Hall–Kier alpha value is -1.23. The molecular weight excluding hydrogens is 212 g/mol. The second-order valence-corrected chi connectivity index (χ2v) is 4.53. The number of aryl methyl sites for hydroxylation is 1. The molecule has 0 fully saturated rings. The van der Waals surface area contributed by atoms with E-state index in [0.717, 1.165) is 5.69 Å². The van der Waals surface area contributed by atoms with E-state index in [4.69, 9.17) is 17.3 Å². The van der Waals surface area contributed by atoms with Crippen LogP contribution in [0.15, 0.2) is 12.4 Å². The largest absolute Gasteiger partial charge is 0.481 e. The average molecular weight is 226 g/mol. The summed E-state index contributed by atoms with van der Waals surface area (Å²) in [5.74, 6) is -0.786. The third-order valence-corrected chi connectivity index (χ3v) is 2.54. The van der Waals surface area contributed by atoms with Crippen LogP contribution < -0.4 is 0 Å². The second-order valence-electron chi connectivity index (χ2n) is 4.09. The van der Waals surface area contributed by atoms with Crippen LogP contribution in [-0.4, -0.2) is 21.0 Å². The molecule has 0 amide bonds. The summed E-state index contributed by atoms with van der Waals surface area (Å²) < 4.78 is 0.580. The number of hydrogen-bond acceptors (Lipinski definition) is 3. The fourth-order valence-corrected chi connectivity index (χ4v) is 1.17. The van der Waals surface area contributed by atoms with E-state index in [9.17, 15) is 4.79 Å². The number of aromatic nitrogens is 2. The first-order valence-corrected chi connectivity index (χ1v) is 5.10. The summed E-state index contributed by atoms with van der Waals surface area (Å²) in [5, 5.41) is 8.92. The van der Waals surface area contributed by atoms with Gasteiger partial charge in [0.25, 0.3) is 0 Å². The molecule has 2 N–H and O–H groups in total. The lowest BCUT2D eigenvalue weighted by Gasteiger charge is -2.18. The Morgan fingerprint density at radius 1 is 1.67 bits per heavy atom. The van der Waals surface area contributed by atoms with Crippen molar-refractivity contribution in [3.05, 3.63) is 22.7 Å². The average Bonchev–Trinajstić information content (AvgIpc) is 2.17. The number of H-pyrrole nitrogens is 1. The van der Waals surface area contributed by atoms with Crippen molar-refractivity contribution in [2.24, 2.45) is 5.41 Å². The van der Waals surface area contributed by atoms with Gasteiger partial charge in [-0.2, -0.15) is 0 Å². The smallest absolute Gasteiger partial charge is 0.309 e. The maximum atomic E-state index is 10.9. The highest BCUT2D eigenvalue weighted by atomic mass is 32.1. The minimum Gasteiger partial charge on any atom is -0.481 e. The lowest BCUT2D eigenvalue weighted by atomic mass is 9.87. The van der Waals surface area contributed by atoms with E-state index in [2.05, 4.69) is 9.97 Å². The van der Waals surface area contributed by atoms with Gasteiger partial charge in [0.05, 0.1) is 17.3 Å². The molecule has 0 spiro atoms. The van der Waals surface area contributed by atoms with Gasteiger partial charge in [-0.3, -0.25) is 9.78 Å². The molecule has 0 unspecified atom stereocenters. The fraction of sp³-hybridized carbons (Fsp3) is 0.500.